The standard InChI is InChI=1S/C22H27NO3.ClH/c1-2-26-21(24)22(19-9-5-3-6-10-19,20-11-7-4-8-12-20)13-14-23-15-17-25-18-16-23;/h3-12H,2,13-18H2,1H3;1H. The molecule has 1 fully saturated rings. The SMILES string of the molecule is CCOC(=O)C(CC[NH+]1CCOCC1)(c1ccccc1)c1ccccc1.[Cl-]. The van der Waals surface area contributed by atoms with Crippen molar-refractivity contribution < 1.29 is 31.6 Å². The number of morpholine rings is 1. The predicted octanol–water partition coefficient (Wildman–Crippen LogP) is -1.15. The van der Waals surface area contributed by atoms with Crippen molar-refractivity contribution in [1.82, 2.24) is 0 Å². The van der Waals surface area contributed by atoms with E-state index in [0.717, 1.165) is 50.4 Å². The summed E-state index contributed by atoms with van der Waals surface area (Å²) >= 11 is 0. The highest BCUT2D eigenvalue weighted by molar-refractivity contribution is 5.87. The molecule has 0 spiro atoms. The molecule has 4 nitrogen and oxygen atoms in total. The van der Waals surface area contributed by atoms with Crippen LogP contribution in [-0.4, -0.2) is 45.4 Å². The highest BCUT2D eigenvalue weighted by atomic mass is 35.5. The van der Waals surface area contributed by atoms with Crippen LogP contribution in [0.25, 0.3) is 0 Å². The molecule has 3 rings (SSSR count). The maximum Gasteiger partial charge on any atom is 0.321 e. The van der Waals surface area contributed by atoms with Gasteiger partial charge in [-0.3, -0.25) is 4.79 Å². The number of ether oxygens (including phenoxy) is 2. The van der Waals surface area contributed by atoms with Crippen molar-refractivity contribution in [2.75, 3.05) is 39.5 Å². The fourth-order valence-electron chi connectivity index (χ4n) is 3.77. The van der Waals surface area contributed by atoms with Crippen molar-refractivity contribution in [3.63, 3.8) is 0 Å². The van der Waals surface area contributed by atoms with Crippen molar-refractivity contribution in [1.29, 1.82) is 0 Å². The lowest BCUT2D eigenvalue weighted by molar-refractivity contribution is -0.908. The molecule has 0 bridgehead atoms. The number of benzene rings is 2. The van der Waals surface area contributed by atoms with Gasteiger partial charge in [-0.15, -0.1) is 0 Å². The Hall–Kier alpha value is -1.88. The molecule has 0 aliphatic carbocycles. The Labute approximate surface area is 167 Å². The van der Waals surface area contributed by atoms with Gasteiger partial charge in [0.1, 0.15) is 18.5 Å². The Bertz CT molecular complexity index is 648. The summed E-state index contributed by atoms with van der Waals surface area (Å²) in [4.78, 5) is 14.8. The van der Waals surface area contributed by atoms with Crippen molar-refractivity contribution in [2.45, 2.75) is 18.8 Å². The summed E-state index contributed by atoms with van der Waals surface area (Å²) in [6, 6.07) is 20.1. The minimum absolute atomic E-state index is 0. The molecule has 0 aromatic heterocycles. The lowest BCUT2D eigenvalue weighted by atomic mass is 9.71. The first kappa shape index (κ1) is 21.4. The molecule has 1 aliphatic rings. The van der Waals surface area contributed by atoms with E-state index >= 15 is 0 Å². The molecule has 0 radical (unpaired) electrons. The molecule has 1 N–H and O–H groups in total. The number of esters is 1. The zero-order chi connectivity index (χ0) is 18.2. The Morgan fingerprint density at radius 3 is 2.00 bits per heavy atom. The number of hydrogen-bond acceptors (Lipinski definition) is 3. The van der Waals surface area contributed by atoms with Crippen LogP contribution >= 0.6 is 0 Å². The van der Waals surface area contributed by atoms with Gasteiger partial charge in [0, 0.05) is 6.42 Å². The second-order valence-corrected chi connectivity index (χ2v) is 6.72. The van der Waals surface area contributed by atoms with Gasteiger partial charge in [-0.25, -0.2) is 0 Å². The van der Waals surface area contributed by atoms with Gasteiger partial charge in [-0.2, -0.15) is 0 Å². The lowest BCUT2D eigenvalue weighted by Gasteiger charge is -2.34. The third-order valence-corrected chi connectivity index (χ3v) is 5.21. The van der Waals surface area contributed by atoms with Gasteiger partial charge >= 0.3 is 5.97 Å². The van der Waals surface area contributed by atoms with Gasteiger partial charge in [-0.05, 0) is 18.1 Å². The molecule has 2 aromatic rings. The summed E-state index contributed by atoms with van der Waals surface area (Å²) in [6.07, 6.45) is 0.717. The van der Waals surface area contributed by atoms with Crippen molar-refractivity contribution >= 4 is 5.97 Å². The molecule has 1 heterocycles. The lowest BCUT2D eigenvalue weighted by Crippen LogP contribution is -3.14. The van der Waals surface area contributed by atoms with Crippen molar-refractivity contribution in [3.8, 4) is 0 Å². The van der Waals surface area contributed by atoms with E-state index in [-0.39, 0.29) is 18.4 Å². The molecule has 0 atom stereocenters. The van der Waals surface area contributed by atoms with E-state index in [4.69, 9.17) is 9.47 Å². The molecular formula is C22H28ClNO3. The Kier molecular flexibility index (Phi) is 8.29. The Balaban J connectivity index is 0.00000261. The van der Waals surface area contributed by atoms with Crippen LogP contribution in [0, 0.1) is 0 Å². The maximum absolute atomic E-state index is 13.3. The first-order valence-corrected chi connectivity index (χ1v) is 9.47. The van der Waals surface area contributed by atoms with Gasteiger partial charge in [0.05, 0.1) is 26.4 Å². The number of carbonyl (C=O) groups excluding carboxylic acids is 1. The number of quaternary nitrogens is 1. The largest absolute Gasteiger partial charge is 1.00 e. The number of halogens is 1. The van der Waals surface area contributed by atoms with Crippen LogP contribution in [0.2, 0.25) is 0 Å². The van der Waals surface area contributed by atoms with Crippen LogP contribution in [0.1, 0.15) is 24.5 Å². The third-order valence-electron chi connectivity index (χ3n) is 5.21. The minimum atomic E-state index is -0.774. The van der Waals surface area contributed by atoms with E-state index in [1.54, 1.807) is 0 Å². The molecule has 5 heteroatoms. The highest BCUT2D eigenvalue weighted by Gasteiger charge is 2.44. The highest BCUT2D eigenvalue weighted by Crippen LogP contribution is 2.36. The van der Waals surface area contributed by atoms with Crippen LogP contribution in [0.5, 0.6) is 0 Å². The van der Waals surface area contributed by atoms with Gasteiger partial charge in [0.15, 0.2) is 0 Å². The first-order chi connectivity index (χ1) is 12.8. The molecular weight excluding hydrogens is 362 g/mol. The van der Waals surface area contributed by atoms with Gasteiger partial charge in [0.25, 0.3) is 0 Å². The fraction of sp³-hybridized carbons (Fsp3) is 0.409. The summed E-state index contributed by atoms with van der Waals surface area (Å²) in [6.45, 7) is 6.71. The van der Waals surface area contributed by atoms with E-state index in [0.29, 0.717) is 6.61 Å². The molecule has 2 aromatic carbocycles. The van der Waals surface area contributed by atoms with E-state index < -0.39 is 5.41 Å². The fourth-order valence-corrected chi connectivity index (χ4v) is 3.77. The number of carbonyl (C=O) groups is 1. The topological polar surface area (TPSA) is 40.0 Å². The number of nitrogens with one attached hydrogen (secondary N) is 1. The van der Waals surface area contributed by atoms with E-state index in [2.05, 4.69) is 0 Å². The average Bonchev–Trinajstić information content (AvgIpc) is 2.71. The summed E-state index contributed by atoms with van der Waals surface area (Å²) in [5.41, 5.74) is 1.22. The molecule has 1 aliphatic heterocycles. The number of hydrogen-bond donors (Lipinski definition) is 1. The second-order valence-electron chi connectivity index (χ2n) is 6.72. The summed E-state index contributed by atoms with van der Waals surface area (Å²) in [7, 11) is 0. The molecule has 0 amide bonds. The zero-order valence-corrected chi connectivity index (χ0v) is 16.6. The molecule has 27 heavy (non-hydrogen) atoms. The Morgan fingerprint density at radius 1 is 1.00 bits per heavy atom. The van der Waals surface area contributed by atoms with Crippen LogP contribution < -0.4 is 17.3 Å². The zero-order valence-electron chi connectivity index (χ0n) is 15.8. The third kappa shape index (κ3) is 4.89. The minimum Gasteiger partial charge on any atom is -1.00 e. The van der Waals surface area contributed by atoms with Crippen molar-refractivity contribution in [2.24, 2.45) is 0 Å². The molecule has 1 saturated heterocycles. The van der Waals surface area contributed by atoms with E-state index in [9.17, 15) is 4.79 Å². The molecule has 0 saturated carbocycles. The summed E-state index contributed by atoms with van der Waals surface area (Å²) in [5, 5.41) is 0. The summed E-state index contributed by atoms with van der Waals surface area (Å²) in [5.74, 6) is -0.162. The second kappa shape index (κ2) is 10.5. The van der Waals surface area contributed by atoms with Crippen molar-refractivity contribution in [3.05, 3.63) is 71.8 Å². The first-order valence-electron chi connectivity index (χ1n) is 9.47. The maximum atomic E-state index is 13.3. The van der Waals surface area contributed by atoms with E-state index in [1.165, 1.54) is 4.90 Å². The molecule has 0 unspecified atom stereocenters. The predicted molar refractivity (Wildman–Crippen MR) is 101 cm³/mol. The van der Waals surface area contributed by atoms with Crippen LogP contribution in [-0.2, 0) is 19.7 Å². The van der Waals surface area contributed by atoms with Gasteiger partial charge in [-0.1, -0.05) is 60.7 Å². The van der Waals surface area contributed by atoms with E-state index in [1.807, 2.05) is 67.6 Å². The van der Waals surface area contributed by atoms with Crippen LogP contribution in [0.15, 0.2) is 60.7 Å². The van der Waals surface area contributed by atoms with Crippen LogP contribution in [0.3, 0.4) is 0 Å². The summed E-state index contributed by atoms with van der Waals surface area (Å²) < 4.78 is 11.1. The van der Waals surface area contributed by atoms with Gasteiger partial charge < -0.3 is 26.8 Å². The quantitative estimate of drug-likeness (QED) is 0.608. The smallest absolute Gasteiger partial charge is 0.321 e. The van der Waals surface area contributed by atoms with Gasteiger partial charge in [0.2, 0.25) is 0 Å². The monoisotopic (exact) mass is 389 g/mol. The normalized spacial score (nSPS) is 15.0. The average molecular weight is 390 g/mol. The molecule has 146 valence electrons. The Morgan fingerprint density at radius 2 is 1.52 bits per heavy atom. The van der Waals surface area contributed by atoms with Crippen LogP contribution in [0.4, 0.5) is 0 Å². The number of rotatable bonds is 7.